The fraction of sp³-hybridized carbons (Fsp3) is 0.444. The number of phenolic OH excluding ortho intramolecular Hbond substituents is 3. The van der Waals surface area contributed by atoms with Crippen LogP contribution in [0.25, 0.3) is 22.3 Å². The zero-order valence-corrected chi connectivity index (χ0v) is 22.1. The first-order valence-corrected chi connectivity index (χ1v) is 13.0. The molecule has 3 heterocycles. The largest absolute Gasteiger partial charge is 0.507 e. The Bertz CT molecular complexity index is 1510. The van der Waals surface area contributed by atoms with Crippen LogP contribution >= 0.6 is 0 Å². The smallest absolute Gasteiger partial charge is 0.229 e. The molecule has 0 spiro atoms. The normalized spacial score (nSPS) is 33.0. The number of aliphatic hydroxyl groups is 7. The first-order chi connectivity index (χ1) is 20.4. The van der Waals surface area contributed by atoms with Crippen LogP contribution in [-0.4, -0.2) is 126 Å². The molecule has 0 bridgehead atoms. The number of hydrogen-bond donors (Lipinski definition) is 10. The van der Waals surface area contributed by atoms with Crippen molar-refractivity contribution in [1.82, 2.24) is 0 Å². The van der Waals surface area contributed by atoms with E-state index in [0.717, 1.165) is 18.2 Å². The lowest BCUT2D eigenvalue weighted by molar-refractivity contribution is -0.357. The SMILES string of the molecule is O=c1cc(-c2ccc(O)c(O)c2)oc2cc(O[C@@H]3O[C@H](CO)[C@@H](O)[C@H](O)[C@H]3O[C@@H]3O[C@@H](CO)[C@@H](O)[C@H](O)[C@H]3O)cc(O)c12. The summed E-state index contributed by atoms with van der Waals surface area (Å²) in [5.74, 6) is -1.71. The van der Waals surface area contributed by atoms with E-state index in [1.54, 1.807) is 0 Å². The van der Waals surface area contributed by atoms with Crippen LogP contribution < -0.4 is 10.2 Å². The Hall–Kier alpha value is -3.55. The lowest BCUT2D eigenvalue weighted by Gasteiger charge is -2.45. The van der Waals surface area contributed by atoms with Crippen LogP contribution in [0.1, 0.15) is 0 Å². The standard InChI is InChI=1S/C27H30O16/c28-7-17-20(34)22(36)24(38)26(41-17)43-25-23(37)21(35)18(8-29)42-27(25)39-10-4-13(32)19-14(33)6-15(40-16(19)5-10)9-1-2-11(30)12(31)3-9/h1-6,17-18,20-32,34-38H,7-8H2/t17-,18+,20+,21+,22-,23-,24+,25+,26-,27+/m0/s1. The summed E-state index contributed by atoms with van der Waals surface area (Å²) in [6, 6.07) is 6.97. The second-order valence-electron chi connectivity index (χ2n) is 10.1. The maximum atomic E-state index is 12.8. The second-order valence-corrected chi connectivity index (χ2v) is 10.1. The monoisotopic (exact) mass is 610 g/mol. The number of aliphatic hydroxyl groups excluding tert-OH is 7. The Morgan fingerprint density at radius 2 is 1.35 bits per heavy atom. The van der Waals surface area contributed by atoms with Crippen LogP contribution in [0, 0.1) is 0 Å². The van der Waals surface area contributed by atoms with Gasteiger partial charge in [-0.1, -0.05) is 0 Å². The molecule has 5 rings (SSSR count). The Morgan fingerprint density at radius 3 is 2.00 bits per heavy atom. The van der Waals surface area contributed by atoms with E-state index >= 15 is 0 Å². The van der Waals surface area contributed by atoms with Crippen LogP contribution in [0.4, 0.5) is 0 Å². The van der Waals surface area contributed by atoms with E-state index in [2.05, 4.69) is 0 Å². The molecule has 10 atom stereocenters. The van der Waals surface area contributed by atoms with Gasteiger partial charge in [0, 0.05) is 23.8 Å². The van der Waals surface area contributed by atoms with Crippen LogP contribution in [0.5, 0.6) is 23.0 Å². The van der Waals surface area contributed by atoms with E-state index in [9.17, 15) is 55.9 Å². The second kappa shape index (κ2) is 12.2. The maximum Gasteiger partial charge on any atom is 0.229 e. The number of benzene rings is 2. The summed E-state index contributed by atoms with van der Waals surface area (Å²) in [5.41, 5.74) is -0.636. The highest BCUT2D eigenvalue weighted by atomic mass is 16.8. The summed E-state index contributed by atoms with van der Waals surface area (Å²) in [6.07, 6.45) is -16.9. The van der Waals surface area contributed by atoms with E-state index in [1.807, 2.05) is 0 Å². The van der Waals surface area contributed by atoms with Gasteiger partial charge in [-0.15, -0.1) is 0 Å². The maximum absolute atomic E-state index is 12.8. The molecular formula is C27H30O16. The Labute approximate surface area is 241 Å². The number of fused-ring (bicyclic) bond motifs is 1. The number of hydrogen-bond acceptors (Lipinski definition) is 16. The molecule has 0 radical (unpaired) electrons. The molecule has 234 valence electrons. The highest BCUT2D eigenvalue weighted by molar-refractivity contribution is 5.86. The molecule has 2 aliphatic rings. The average molecular weight is 611 g/mol. The van der Waals surface area contributed by atoms with Crippen molar-refractivity contribution in [3.8, 4) is 34.3 Å². The van der Waals surface area contributed by atoms with Crippen LogP contribution in [0.15, 0.2) is 45.6 Å². The van der Waals surface area contributed by atoms with Gasteiger partial charge in [0.05, 0.1) is 13.2 Å². The third-order valence-corrected chi connectivity index (χ3v) is 7.26. The van der Waals surface area contributed by atoms with Crippen LogP contribution in [-0.2, 0) is 14.2 Å². The lowest BCUT2D eigenvalue weighted by atomic mass is 9.97. The Morgan fingerprint density at radius 1 is 0.698 bits per heavy atom. The minimum Gasteiger partial charge on any atom is -0.507 e. The molecule has 1 aromatic heterocycles. The molecule has 16 heteroatoms. The molecule has 3 aromatic rings. The van der Waals surface area contributed by atoms with Gasteiger partial charge in [0.1, 0.15) is 71.0 Å². The molecule has 0 unspecified atom stereocenters. The first-order valence-electron chi connectivity index (χ1n) is 13.0. The Kier molecular flexibility index (Phi) is 8.77. The van der Waals surface area contributed by atoms with Crippen molar-refractivity contribution in [3.05, 3.63) is 46.6 Å². The summed E-state index contributed by atoms with van der Waals surface area (Å²) in [6.45, 7) is -1.54. The summed E-state index contributed by atoms with van der Waals surface area (Å²) < 4.78 is 28.1. The van der Waals surface area contributed by atoms with E-state index in [0.29, 0.717) is 0 Å². The quantitative estimate of drug-likeness (QED) is 0.125. The summed E-state index contributed by atoms with van der Waals surface area (Å²) in [7, 11) is 0. The third-order valence-electron chi connectivity index (χ3n) is 7.26. The number of phenols is 3. The van der Waals surface area contributed by atoms with Gasteiger partial charge < -0.3 is 74.4 Å². The molecule has 0 aliphatic carbocycles. The van der Waals surface area contributed by atoms with Crippen LogP contribution in [0.3, 0.4) is 0 Å². The van der Waals surface area contributed by atoms with E-state index < -0.39 is 97.3 Å². The summed E-state index contributed by atoms with van der Waals surface area (Å²) in [5, 5.41) is 101. The van der Waals surface area contributed by atoms with Gasteiger partial charge in [-0.2, -0.15) is 0 Å². The zero-order chi connectivity index (χ0) is 31.2. The van der Waals surface area contributed by atoms with Gasteiger partial charge in [0.15, 0.2) is 29.3 Å². The lowest BCUT2D eigenvalue weighted by Crippen LogP contribution is -2.65. The molecule has 0 saturated carbocycles. The van der Waals surface area contributed by atoms with Crippen molar-refractivity contribution in [3.63, 3.8) is 0 Å². The average Bonchev–Trinajstić information content (AvgIpc) is 2.97. The third kappa shape index (κ3) is 5.85. The van der Waals surface area contributed by atoms with Crippen molar-refractivity contribution in [2.24, 2.45) is 0 Å². The first kappa shape index (κ1) is 30.9. The predicted molar refractivity (Wildman–Crippen MR) is 140 cm³/mol. The molecule has 2 saturated heterocycles. The van der Waals surface area contributed by atoms with Gasteiger partial charge in [-0.3, -0.25) is 4.79 Å². The van der Waals surface area contributed by atoms with Crippen molar-refractivity contribution >= 4 is 11.0 Å². The molecule has 10 N–H and O–H groups in total. The summed E-state index contributed by atoms with van der Waals surface area (Å²) >= 11 is 0. The highest BCUT2D eigenvalue weighted by Gasteiger charge is 2.51. The van der Waals surface area contributed by atoms with Gasteiger partial charge in [-0.05, 0) is 18.2 Å². The molecule has 2 fully saturated rings. The topological polar surface area (TPSA) is 269 Å². The van der Waals surface area contributed by atoms with Gasteiger partial charge in [0.25, 0.3) is 0 Å². The van der Waals surface area contributed by atoms with Gasteiger partial charge in [0.2, 0.25) is 6.29 Å². The van der Waals surface area contributed by atoms with Crippen molar-refractivity contribution in [2.75, 3.05) is 13.2 Å². The van der Waals surface area contributed by atoms with Crippen molar-refractivity contribution in [1.29, 1.82) is 0 Å². The molecule has 16 nitrogen and oxygen atoms in total. The number of rotatable bonds is 7. The Balaban J connectivity index is 1.48. The number of ether oxygens (including phenoxy) is 4. The van der Waals surface area contributed by atoms with Gasteiger partial charge in [-0.25, -0.2) is 0 Å². The summed E-state index contributed by atoms with van der Waals surface area (Å²) in [4.78, 5) is 12.8. The van der Waals surface area contributed by atoms with E-state index in [-0.39, 0.29) is 28.0 Å². The highest BCUT2D eigenvalue weighted by Crippen LogP contribution is 2.36. The zero-order valence-electron chi connectivity index (χ0n) is 22.1. The molecule has 2 aliphatic heterocycles. The van der Waals surface area contributed by atoms with Crippen molar-refractivity contribution < 1.29 is 74.4 Å². The minimum absolute atomic E-state index is 0.0408. The molecular weight excluding hydrogens is 580 g/mol. The molecule has 0 amide bonds. The van der Waals surface area contributed by atoms with E-state index in [1.165, 1.54) is 18.2 Å². The minimum atomic E-state index is -1.88. The van der Waals surface area contributed by atoms with Crippen LogP contribution in [0.2, 0.25) is 0 Å². The number of aromatic hydroxyl groups is 3. The molecule has 2 aromatic carbocycles. The molecule has 43 heavy (non-hydrogen) atoms. The predicted octanol–water partition coefficient (Wildman–Crippen LogP) is -2.42. The fourth-order valence-electron chi connectivity index (χ4n) is 4.90. The fourth-order valence-corrected chi connectivity index (χ4v) is 4.90. The van der Waals surface area contributed by atoms with Crippen molar-refractivity contribution in [2.45, 2.75) is 61.4 Å². The van der Waals surface area contributed by atoms with E-state index in [4.69, 9.17) is 23.4 Å². The van der Waals surface area contributed by atoms with Gasteiger partial charge >= 0.3 is 0 Å².